The second kappa shape index (κ2) is 8.08. The molecule has 0 amide bonds. The molecule has 2 aromatic rings. The standard InChI is InChI=1S/C19H28N4O3S/c1-14(2)16-7-5-15(6-8-16)11-23-12-17(13-23)19-20-18(21-26-19)9-10-22(3)27(4,24)25/h5-8,14,17H,9-13H2,1-4H3. The van der Waals surface area contributed by atoms with Crippen molar-refractivity contribution in [2.24, 2.45) is 0 Å². The maximum absolute atomic E-state index is 11.4. The van der Waals surface area contributed by atoms with Crippen LogP contribution in [0.15, 0.2) is 28.8 Å². The summed E-state index contributed by atoms with van der Waals surface area (Å²) in [5.41, 5.74) is 2.67. The summed E-state index contributed by atoms with van der Waals surface area (Å²) in [7, 11) is -1.63. The zero-order valence-corrected chi connectivity index (χ0v) is 17.2. The van der Waals surface area contributed by atoms with Crippen LogP contribution >= 0.6 is 0 Å². The third-order valence-electron chi connectivity index (χ3n) is 5.06. The molecule has 0 saturated carbocycles. The van der Waals surface area contributed by atoms with Crippen molar-refractivity contribution in [1.29, 1.82) is 0 Å². The number of hydrogen-bond donors (Lipinski definition) is 0. The lowest BCUT2D eigenvalue weighted by molar-refractivity contribution is 0.117. The van der Waals surface area contributed by atoms with Crippen LogP contribution < -0.4 is 0 Å². The molecule has 0 spiro atoms. The highest BCUT2D eigenvalue weighted by Gasteiger charge is 2.32. The molecule has 1 aliphatic heterocycles. The van der Waals surface area contributed by atoms with E-state index in [1.807, 2.05) is 0 Å². The van der Waals surface area contributed by atoms with Crippen LogP contribution in [-0.4, -0.2) is 60.7 Å². The van der Waals surface area contributed by atoms with Gasteiger partial charge in [-0.25, -0.2) is 12.7 Å². The summed E-state index contributed by atoms with van der Waals surface area (Å²) >= 11 is 0. The first-order chi connectivity index (χ1) is 12.7. The first-order valence-corrected chi connectivity index (χ1v) is 11.1. The highest BCUT2D eigenvalue weighted by Crippen LogP contribution is 2.27. The molecular formula is C19H28N4O3S. The van der Waals surface area contributed by atoms with E-state index in [1.165, 1.54) is 21.7 Å². The molecule has 2 heterocycles. The number of nitrogens with zero attached hydrogens (tertiary/aromatic N) is 4. The molecule has 0 N–H and O–H groups in total. The Kier molecular flexibility index (Phi) is 5.98. The van der Waals surface area contributed by atoms with Crippen LogP contribution in [0.1, 0.15) is 48.5 Å². The fourth-order valence-electron chi connectivity index (χ4n) is 3.08. The van der Waals surface area contributed by atoms with Crippen LogP contribution in [0.4, 0.5) is 0 Å². The van der Waals surface area contributed by atoms with Crippen LogP contribution in [-0.2, 0) is 23.0 Å². The molecule has 3 rings (SSSR count). The predicted octanol–water partition coefficient (Wildman–Crippen LogP) is 2.23. The van der Waals surface area contributed by atoms with Crippen molar-refractivity contribution in [1.82, 2.24) is 19.3 Å². The van der Waals surface area contributed by atoms with Gasteiger partial charge in [0.15, 0.2) is 5.82 Å². The van der Waals surface area contributed by atoms with Gasteiger partial charge in [-0.05, 0) is 17.0 Å². The van der Waals surface area contributed by atoms with Crippen molar-refractivity contribution in [2.75, 3.05) is 32.9 Å². The largest absolute Gasteiger partial charge is 0.339 e. The Morgan fingerprint density at radius 1 is 1.26 bits per heavy atom. The number of rotatable bonds is 8. The van der Waals surface area contributed by atoms with Gasteiger partial charge >= 0.3 is 0 Å². The lowest BCUT2D eigenvalue weighted by atomic mass is 9.98. The van der Waals surface area contributed by atoms with E-state index < -0.39 is 10.0 Å². The monoisotopic (exact) mass is 392 g/mol. The fourth-order valence-corrected chi connectivity index (χ4v) is 3.50. The summed E-state index contributed by atoms with van der Waals surface area (Å²) in [6, 6.07) is 8.81. The minimum absolute atomic E-state index is 0.258. The molecule has 0 aliphatic carbocycles. The summed E-state index contributed by atoms with van der Waals surface area (Å²) in [6.45, 7) is 7.48. The molecule has 0 unspecified atom stereocenters. The fraction of sp³-hybridized carbons (Fsp3) is 0.579. The molecule has 8 heteroatoms. The Hall–Kier alpha value is -1.77. The van der Waals surface area contributed by atoms with E-state index in [2.05, 4.69) is 53.2 Å². The molecule has 7 nitrogen and oxygen atoms in total. The zero-order chi connectivity index (χ0) is 19.6. The summed E-state index contributed by atoms with van der Waals surface area (Å²) in [4.78, 5) is 6.79. The normalized spacial score (nSPS) is 16.2. The van der Waals surface area contributed by atoms with Gasteiger partial charge in [0.05, 0.1) is 12.2 Å². The van der Waals surface area contributed by atoms with Crippen molar-refractivity contribution in [3.63, 3.8) is 0 Å². The highest BCUT2D eigenvalue weighted by molar-refractivity contribution is 7.88. The number of likely N-dealkylation sites (N-methyl/N-ethyl adjacent to an activating group) is 1. The highest BCUT2D eigenvalue weighted by atomic mass is 32.2. The van der Waals surface area contributed by atoms with Crippen LogP contribution in [0.5, 0.6) is 0 Å². The zero-order valence-electron chi connectivity index (χ0n) is 16.4. The first-order valence-electron chi connectivity index (χ1n) is 9.27. The van der Waals surface area contributed by atoms with Gasteiger partial charge in [-0.2, -0.15) is 4.98 Å². The molecule has 0 atom stereocenters. The molecule has 148 valence electrons. The Balaban J connectivity index is 1.46. The van der Waals surface area contributed by atoms with E-state index in [9.17, 15) is 8.42 Å². The Labute approximate surface area is 161 Å². The van der Waals surface area contributed by atoms with E-state index in [4.69, 9.17) is 4.52 Å². The predicted molar refractivity (Wildman–Crippen MR) is 104 cm³/mol. The van der Waals surface area contributed by atoms with E-state index in [0.717, 1.165) is 19.6 Å². The molecule has 1 aromatic carbocycles. The van der Waals surface area contributed by atoms with E-state index in [0.29, 0.717) is 30.6 Å². The van der Waals surface area contributed by atoms with Gasteiger partial charge in [0.1, 0.15) is 0 Å². The molecule has 0 bridgehead atoms. The van der Waals surface area contributed by atoms with E-state index in [-0.39, 0.29) is 5.92 Å². The van der Waals surface area contributed by atoms with Crippen molar-refractivity contribution in [3.8, 4) is 0 Å². The van der Waals surface area contributed by atoms with Crippen LogP contribution in [0.3, 0.4) is 0 Å². The third kappa shape index (κ3) is 5.15. The Morgan fingerprint density at radius 3 is 2.52 bits per heavy atom. The number of sulfonamides is 1. The van der Waals surface area contributed by atoms with Crippen molar-refractivity contribution < 1.29 is 12.9 Å². The summed E-state index contributed by atoms with van der Waals surface area (Å²) in [5, 5.41) is 3.98. The summed E-state index contributed by atoms with van der Waals surface area (Å²) < 4.78 is 29.5. The third-order valence-corrected chi connectivity index (χ3v) is 6.37. The van der Waals surface area contributed by atoms with Crippen LogP contribution in [0, 0.1) is 0 Å². The number of hydrogen-bond acceptors (Lipinski definition) is 6. The number of benzene rings is 1. The lowest BCUT2D eigenvalue weighted by Gasteiger charge is -2.37. The van der Waals surface area contributed by atoms with Gasteiger partial charge < -0.3 is 4.52 Å². The second-order valence-electron chi connectivity index (χ2n) is 7.67. The lowest BCUT2D eigenvalue weighted by Crippen LogP contribution is -2.44. The first kappa shape index (κ1) is 20.0. The molecule has 1 fully saturated rings. The van der Waals surface area contributed by atoms with Gasteiger partial charge in [0.2, 0.25) is 15.9 Å². The van der Waals surface area contributed by atoms with Gasteiger partial charge in [-0.15, -0.1) is 0 Å². The minimum atomic E-state index is -3.18. The quantitative estimate of drug-likeness (QED) is 0.685. The number of aromatic nitrogens is 2. The van der Waals surface area contributed by atoms with Crippen molar-refractivity contribution in [3.05, 3.63) is 47.1 Å². The Bertz CT molecular complexity index is 855. The minimum Gasteiger partial charge on any atom is -0.339 e. The van der Waals surface area contributed by atoms with Gasteiger partial charge in [0, 0.05) is 39.6 Å². The van der Waals surface area contributed by atoms with E-state index in [1.54, 1.807) is 7.05 Å². The molecule has 0 radical (unpaired) electrons. The van der Waals surface area contributed by atoms with Gasteiger partial charge in [0.25, 0.3) is 0 Å². The summed E-state index contributed by atoms with van der Waals surface area (Å²) in [6.07, 6.45) is 1.64. The van der Waals surface area contributed by atoms with Crippen molar-refractivity contribution in [2.45, 2.75) is 38.6 Å². The van der Waals surface area contributed by atoms with Crippen LogP contribution in [0.25, 0.3) is 0 Å². The van der Waals surface area contributed by atoms with Crippen LogP contribution in [0.2, 0.25) is 0 Å². The van der Waals surface area contributed by atoms with Crippen molar-refractivity contribution >= 4 is 10.0 Å². The van der Waals surface area contributed by atoms with E-state index >= 15 is 0 Å². The Morgan fingerprint density at radius 2 is 1.93 bits per heavy atom. The molecule has 1 aliphatic rings. The second-order valence-corrected chi connectivity index (χ2v) is 9.76. The number of likely N-dealkylation sites (tertiary alicyclic amines) is 1. The molecule has 1 saturated heterocycles. The average Bonchev–Trinajstić information content (AvgIpc) is 3.03. The SMILES string of the molecule is CC(C)c1ccc(CN2CC(c3nc(CCN(C)S(C)(=O)=O)no3)C2)cc1. The van der Waals surface area contributed by atoms with Gasteiger partial charge in [-0.3, -0.25) is 4.90 Å². The average molecular weight is 393 g/mol. The smallest absolute Gasteiger partial charge is 0.232 e. The molecule has 1 aromatic heterocycles. The topological polar surface area (TPSA) is 79.5 Å². The summed E-state index contributed by atoms with van der Waals surface area (Å²) in [5.74, 6) is 2.02. The van der Waals surface area contributed by atoms with Gasteiger partial charge in [-0.1, -0.05) is 43.3 Å². The maximum atomic E-state index is 11.4. The maximum Gasteiger partial charge on any atom is 0.232 e. The molecule has 27 heavy (non-hydrogen) atoms. The molecular weight excluding hydrogens is 364 g/mol.